The molecule has 182 valence electrons. The minimum absolute atomic E-state index is 0.0858. The fraction of sp³-hybridized carbons (Fsp3) is 1.00. The molecule has 0 aromatic heterocycles. The average Bonchev–Trinajstić information content (AvgIpc) is 2.74. The first-order valence-corrected chi connectivity index (χ1v) is 17.6. The van der Waals surface area contributed by atoms with Gasteiger partial charge in [-0.3, -0.25) is 0 Å². The van der Waals surface area contributed by atoms with Crippen molar-refractivity contribution < 1.29 is 46.2 Å². The van der Waals surface area contributed by atoms with Gasteiger partial charge in [-0.25, -0.2) is 0 Å². The second kappa shape index (κ2) is 17.3. The van der Waals surface area contributed by atoms with Crippen molar-refractivity contribution in [2.24, 2.45) is 0 Å². The summed E-state index contributed by atoms with van der Waals surface area (Å²) in [7, 11) is -3.61. The minimum atomic E-state index is -4.48. The maximum atomic E-state index is 6.67. The van der Waals surface area contributed by atoms with Crippen LogP contribution in [-0.4, -0.2) is 47.2 Å². The molecule has 0 aliphatic carbocycles. The summed E-state index contributed by atoms with van der Waals surface area (Å²) in [6, 6.07) is 0. The van der Waals surface area contributed by atoms with Crippen molar-refractivity contribution in [2.75, 3.05) is 19.8 Å². The number of hydrogen-bond donors (Lipinski definition) is 0. The van der Waals surface area contributed by atoms with E-state index >= 15 is 0 Å². The molecule has 0 saturated heterocycles. The quantitative estimate of drug-likeness (QED) is 0.179. The average molecular weight is 532 g/mol. The molecule has 0 radical (unpaired) electrons. The molecule has 0 saturated carbocycles. The third-order valence-electron chi connectivity index (χ3n) is 4.46. The maximum absolute atomic E-state index is 6.67. The van der Waals surface area contributed by atoms with Crippen molar-refractivity contribution in [3.05, 3.63) is 0 Å². The molecule has 3 unspecified atom stereocenters. The molecule has 9 heteroatoms. The molecule has 7 nitrogen and oxygen atoms in total. The van der Waals surface area contributed by atoms with Gasteiger partial charge in [-0.2, -0.15) is 0 Å². The van der Waals surface area contributed by atoms with E-state index in [4.69, 9.17) is 24.2 Å². The normalized spacial score (nSPS) is 17.5. The van der Waals surface area contributed by atoms with E-state index in [1.165, 1.54) is 0 Å². The Morgan fingerprint density at radius 3 is 1.10 bits per heavy atom. The first-order chi connectivity index (χ1) is 14.3. The second-order valence-electron chi connectivity index (χ2n) is 7.66. The van der Waals surface area contributed by atoms with Crippen LogP contribution in [0.4, 0.5) is 0 Å². The van der Waals surface area contributed by atoms with E-state index < -0.39 is 31.1 Å². The van der Waals surface area contributed by atoms with Crippen LogP contribution in [0, 0.1) is 0 Å². The molecule has 0 aromatic rings. The fourth-order valence-electron chi connectivity index (χ4n) is 2.19. The van der Waals surface area contributed by atoms with E-state index in [1.54, 1.807) is 0 Å². The van der Waals surface area contributed by atoms with Gasteiger partial charge in [-0.1, -0.05) is 0 Å². The molecule has 3 atom stereocenters. The molecule has 0 amide bonds. The number of hydrogen-bond acceptors (Lipinski definition) is 7. The Kier molecular flexibility index (Phi) is 17.8. The van der Waals surface area contributed by atoms with E-state index in [1.807, 2.05) is 20.8 Å². The Labute approximate surface area is 193 Å². The van der Waals surface area contributed by atoms with Crippen molar-refractivity contribution in [1.82, 2.24) is 0 Å². The molecule has 0 heterocycles. The van der Waals surface area contributed by atoms with E-state index in [0.717, 1.165) is 38.5 Å². The monoisotopic (exact) mass is 530 g/mol. The Bertz CT molecular complexity index is 364. The van der Waals surface area contributed by atoms with E-state index in [9.17, 15) is 0 Å². The van der Waals surface area contributed by atoms with Gasteiger partial charge in [0.05, 0.1) is 0 Å². The predicted molar refractivity (Wildman–Crippen MR) is 118 cm³/mol. The molecule has 0 N–H and O–H groups in total. The van der Waals surface area contributed by atoms with Gasteiger partial charge in [-0.15, -0.1) is 0 Å². The third-order valence-corrected chi connectivity index (χ3v) is 14.8. The van der Waals surface area contributed by atoms with Gasteiger partial charge in [0, 0.05) is 0 Å². The van der Waals surface area contributed by atoms with Crippen molar-refractivity contribution in [3.63, 3.8) is 0 Å². The SMILES string of the molecule is CCC[O][Zr]([O]CCC)([O]CCC)[O][Si](OC(C)CC)(OC(C)CC)OC(C)CC. The predicted octanol–water partition coefficient (Wildman–Crippen LogP) is 5.98. The third kappa shape index (κ3) is 12.2. The zero-order valence-electron chi connectivity index (χ0n) is 21.0. The fourth-order valence-corrected chi connectivity index (χ4v) is 13.6. The van der Waals surface area contributed by atoms with E-state index in [2.05, 4.69) is 41.5 Å². The van der Waals surface area contributed by atoms with Gasteiger partial charge in [0.15, 0.2) is 0 Å². The molecule has 0 aliphatic heterocycles. The van der Waals surface area contributed by atoms with E-state index in [0.29, 0.717) is 19.8 Å². The van der Waals surface area contributed by atoms with Crippen molar-refractivity contribution in [1.29, 1.82) is 0 Å². The first-order valence-electron chi connectivity index (χ1n) is 11.9. The topological polar surface area (TPSA) is 64.6 Å². The molecule has 0 fully saturated rings. The Morgan fingerprint density at radius 1 is 0.567 bits per heavy atom. The van der Waals surface area contributed by atoms with Crippen LogP contribution in [0.1, 0.15) is 101 Å². The molecule has 0 aliphatic rings. The Balaban J connectivity index is 6.17. The van der Waals surface area contributed by atoms with Crippen LogP contribution in [-0.2, 0) is 46.2 Å². The van der Waals surface area contributed by atoms with Crippen molar-refractivity contribution in [3.8, 4) is 0 Å². The summed E-state index contributed by atoms with van der Waals surface area (Å²) in [4.78, 5) is 0. The second-order valence-corrected chi connectivity index (χ2v) is 15.7. The van der Waals surface area contributed by atoms with Crippen LogP contribution in [0.2, 0.25) is 0 Å². The molecule has 0 aromatic carbocycles. The Hall–Kier alpha value is 0.820. The van der Waals surface area contributed by atoms with E-state index in [-0.39, 0.29) is 18.3 Å². The van der Waals surface area contributed by atoms with Crippen LogP contribution >= 0.6 is 0 Å². The summed E-state index contributed by atoms with van der Waals surface area (Å²) in [5.74, 6) is 0. The molecule has 0 rings (SSSR count). The summed E-state index contributed by atoms with van der Waals surface area (Å²) in [6.07, 6.45) is 4.71. The first kappa shape index (κ1) is 30.8. The molecule has 0 spiro atoms. The summed E-state index contributed by atoms with van der Waals surface area (Å²) >= 11 is -4.48. The van der Waals surface area contributed by atoms with Crippen LogP contribution in [0.3, 0.4) is 0 Å². The van der Waals surface area contributed by atoms with Crippen LogP contribution in [0.15, 0.2) is 0 Å². The van der Waals surface area contributed by atoms with Gasteiger partial charge in [0.25, 0.3) is 0 Å². The van der Waals surface area contributed by atoms with Gasteiger partial charge < -0.3 is 0 Å². The van der Waals surface area contributed by atoms with Crippen LogP contribution in [0.25, 0.3) is 0 Å². The van der Waals surface area contributed by atoms with Gasteiger partial charge in [0.1, 0.15) is 0 Å². The zero-order chi connectivity index (χ0) is 23.0. The number of rotatable bonds is 20. The molecule has 0 bridgehead atoms. The summed E-state index contributed by atoms with van der Waals surface area (Å²) in [5.41, 5.74) is 0. The van der Waals surface area contributed by atoms with Crippen molar-refractivity contribution >= 4 is 9.05 Å². The Morgan fingerprint density at radius 2 is 0.867 bits per heavy atom. The molecular weight excluding hydrogens is 484 g/mol. The van der Waals surface area contributed by atoms with Crippen LogP contribution in [0.5, 0.6) is 0 Å². The van der Waals surface area contributed by atoms with Gasteiger partial charge in [0.2, 0.25) is 0 Å². The zero-order valence-corrected chi connectivity index (χ0v) is 24.4. The standard InChI is InChI=1S/C12H27O4Si.3C3H7O.Zr/c1-7-10(4)14-17(13,15-11(5)8-2)16-12(6)9-3;3*1-2-3-4;/h10-12H,7-9H2,1-6H3;3*2-3H2,1H3;/q4*-1;+4. The van der Waals surface area contributed by atoms with Crippen molar-refractivity contribution in [2.45, 2.75) is 119 Å². The summed E-state index contributed by atoms with van der Waals surface area (Å²) in [5, 5.41) is 0. The summed E-state index contributed by atoms with van der Waals surface area (Å²) < 4.78 is 44.6. The van der Waals surface area contributed by atoms with Crippen LogP contribution < -0.4 is 0 Å². The molecular formula is C21H48O7SiZr. The summed E-state index contributed by atoms with van der Waals surface area (Å²) in [6.45, 7) is 19.9. The molecule has 30 heavy (non-hydrogen) atoms. The van der Waals surface area contributed by atoms with Gasteiger partial charge >= 0.3 is 194 Å². The van der Waals surface area contributed by atoms with Gasteiger partial charge in [-0.05, 0) is 0 Å².